The summed E-state index contributed by atoms with van der Waals surface area (Å²) < 4.78 is 66.5. The fourth-order valence-corrected chi connectivity index (χ4v) is 6.42. The summed E-state index contributed by atoms with van der Waals surface area (Å²) in [6.45, 7) is -1.87. The molecule has 0 spiro atoms. The Bertz CT molecular complexity index is 1220. The van der Waals surface area contributed by atoms with Crippen LogP contribution in [-0.4, -0.2) is 74.9 Å². The van der Waals surface area contributed by atoms with E-state index in [4.69, 9.17) is 20.3 Å². The Morgan fingerprint density at radius 1 is 1.21 bits per heavy atom. The molecule has 0 amide bonds. The highest BCUT2D eigenvalue weighted by molar-refractivity contribution is 7.66. The van der Waals surface area contributed by atoms with Crippen molar-refractivity contribution in [3.63, 3.8) is 0 Å². The van der Waals surface area contributed by atoms with Crippen LogP contribution in [0.25, 0.3) is 11.0 Å². The average molecular weight is 552 g/mol. The van der Waals surface area contributed by atoms with E-state index < -0.39 is 60.3 Å². The number of hydrogen-bond donors (Lipinski definition) is 7. The molecule has 1 aliphatic heterocycles. The number of halogens is 1. The molecule has 6 unspecified atom stereocenters. The van der Waals surface area contributed by atoms with Crippen molar-refractivity contribution in [3.8, 4) is 0 Å². The molecule has 2 aromatic heterocycles. The first-order valence-corrected chi connectivity index (χ1v) is 13.4. The lowest BCUT2D eigenvalue weighted by atomic mass is 9.88. The minimum Gasteiger partial charge on any atom is -0.387 e. The molecule has 3 rings (SSSR count). The van der Waals surface area contributed by atoms with Crippen LogP contribution in [0, 0.1) is 0 Å². The highest BCUT2D eigenvalue weighted by Crippen LogP contribution is 2.66. The number of phosphoric acid groups is 3. The Morgan fingerprint density at radius 3 is 2.44 bits per heavy atom. The number of alkyl halides is 1. The standard InChI is InChI=1S/C13H20FN4O13P3/c1-12(20)10(19)13(4-14,5-28-33(24,25)31-34(26,27)30-32(21,22)23)29-11(12)18-3-2-7-8(15)16-6-17-9(7)18/h2-3,6,10-11,19-20H,4-5H2,1H3,(H,24,25)(H,26,27)(H2,15,16,17)(H2,21,22,23). The maximum atomic E-state index is 14.1. The lowest BCUT2D eigenvalue weighted by Crippen LogP contribution is -2.53. The maximum absolute atomic E-state index is 14.1. The number of phosphoric ester groups is 1. The number of nitrogen functional groups attached to an aromatic ring is 1. The van der Waals surface area contributed by atoms with Crippen molar-refractivity contribution in [3.05, 3.63) is 18.6 Å². The van der Waals surface area contributed by atoms with Gasteiger partial charge in [0, 0.05) is 6.20 Å². The van der Waals surface area contributed by atoms with E-state index in [1.807, 2.05) is 0 Å². The zero-order chi connectivity index (χ0) is 25.7. The van der Waals surface area contributed by atoms with E-state index >= 15 is 0 Å². The highest BCUT2D eigenvalue weighted by Gasteiger charge is 2.63. The normalized spacial score (nSPS) is 31.4. The summed E-state index contributed by atoms with van der Waals surface area (Å²) in [5, 5.41) is 21.9. The molecule has 1 aliphatic rings. The van der Waals surface area contributed by atoms with E-state index in [2.05, 4.69) is 23.1 Å². The molecular weight excluding hydrogens is 532 g/mol. The van der Waals surface area contributed by atoms with Crippen LogP contribution in [0.5, 0.6) is 0 Å². The van der Waals surface area contributed by atoms with Gasteiger partial charge >= 0.3 is 23.5 Å². The van der Waals surface area contributed by atoms with Gasteiger partial charge in [0.05, 0.1) is 12.0 Å². The van der Waals surface area contributed by atoms with Crippen LogP contribution in [0.1, 0.15) is 13.2 Å². The van der Waals surface area contributed by atoms with Crippen LogP contribution < -0.4 is 5.73 Å². The second kappa shape index (κ2) is 8.94. The van der Waals surface area contributed by atoms with Crippen LogP contribution >= 0.6 is 23.5 Å². The second-order valence-corrected chi connectivity index (χ2v) is 11.8. The van der Waals surface area contributed by atoms with Crippen LogP contribution in [0.15, 0.2) is 18.6 Å². The first kappa shape index (κ1) is 27.2. The number of aliphatic hydroxyl groups excluding tert-OH is 1. The SMILES string of the molecule is CC1(O)C(n2ccc3c(N)ncnc32)OC(CF)(COP(=O)(O)OP(=O)(O)OP(=O)(O)O)C1O. The second-order valence-electron chi connectivity index (χ2n) is 7.38. The van der Waals surface area contributed by atoms with E-state index in [-0.39, 0.29) is 11.5 Å². The largest absolute Gasteiger partial charge is 0.490 e. The van der Waals surface area contributed by atoms with Gasteiger partial charge in [-0.25, -0.2) is 28.1 Å². The fraction of sp³-hybridized carbons (Fsp3) is 0.538. The summed E-state index contributed by atoms with van der Waals surface area (Å²) in [7, 11) is -17.1. The zero-order valence-corrected chi connectivity index (χ0v) is 19.7. The predicted octanol–water partition coefficient (Wildman–Crippen LogP) is -0.294. The molecule has 34 heavy (non-hydrogen) atoms. The maximum Gasteiger partial charge on any atom is 0.490 e. The predicted molar refractivity (Wildman–Crippen MR) is 107 cm³/mol. The van der Waals surface area contributed by atoms with Gasteiger partial charge in [0.1, 0.15) is 36.2 Å². The molecule has 0 bridgehead atoms. The van der Waals surface area contributed by atoms with Crippen LogP contribution in [-0.2, 0) is 31.6 Å². The Balaban J connectivity index is 1.86. The average Bonchev–Trinajstić information content (AvgIpc) is 3.17. The third-order valence-corrected chi connectivity index (χ3v) is 8.59. The van der Waals surface area contributed by atoms with Crippen molar-refractivity contribution < 1.29 is 65.8 Å². The van der Waals surface area contributed by atoms with Crippen molar-refractivity contribution in [1.82, 2.24) is 14.5 Å². The van der Waals surface area contributed by atoms with Crippen molar-refractivity contribution in [2.45, 2.75) is 30.5 Å². The molecule has 1 fully saturated rings. The summed E-state index contributed by atoms with van der Waals surface area (Å²) in [6, 6.07) is 1.46. The van der Waals surface area contributed by atoms with Gasteiger partial charge in [0.25, 0.3) is 0 Å². The molecular formula is C13H20FN4O13P3. The number of anilines is 1. The summed E-state index contributed by atoms with van der Waals surface area (Å²) in [5.41, 5.74) is 1.11. The lowest BCUT2D eigenvalue weighted by Gasteiger charge is -2.31. The van der Waals surface area contributed by atoms with Crippen molar-refractivity contribution in [2.24, 2.45) is 0 Å². The third-order valence-electron chi connectivity index (χ3n) is 4.81. The van der Waals surface area contributed by atoms with Crippen molar-refractivity contribution >= 4 is 40.3 Å². The van der Waals surface area contributed by atoms with E-state index in [1.165, 1.54) is 16.8 Å². The van der Waals surface area contributed by atoms with Gasteiger partial charge in [0.15, 0.2) is 11.8 Å². The number of hydrogen-bond acceptors (Lipinski definition) is 12. The first-order chi connectivity index (χ1) is 15.4. The number of ether oxygens (including phenoxy) is 1. The van der Waals surface area contributed by atoms with Crippen molar-refractivity contribution in [2.75, 3.05) is 19.0 Å². The molecule has 3 heterocycles. The van der Waals surface area contributed by atoms with Gasteiger partial charge in [-0.1, -0.05) is 0 Å². The van der Waals surface area contributed by atoms with E-state index in [0.717, 1.165) is 13.3 Å². The van der Waals surface area contributed by atoms with Gasteiger partial charge in [-0.15, -0.1) is 0 Å². The quantitative estimate of drug-likeness (QED) is 0.197. The molecule has 0 aliphatic carbocycles. The number of aliphatic hydroxyl groups is 2. The lowest BCUT2D eigenvalue weighted by molar-refractivity contribution is -0.135. The van der Waals surface area contributed by atoms with Gasteiger partial charge in [-0.05, 0) is 13.0 Å². The van der Waals surface area contributed by atoms with E-state index in [0.29, 0.717) is 5.39 Å². The number of aromatic nitrogens is 3. The monoisotopic (exact) mass is 552 g/mol. The Kier molecular flexibility index (Phi) is 7.16. The molecule has 192 valence electrons. The first-order valence-electron chi connectivity index (χ1n) is 8.93. The van der Waals surface area contributed by atoms with Gasteiger partial charge in [0.2, 0.25) is 0 Å². The molecule has 0 saturated carbocycles. The molecule has 2 aromatic rings. The number of nitrogens with zero attached hydrogens (tertiary/aromatic N) is 3. The van der Waals surface area contributed by atoms with Crippen LogP contribution in [0.2, 0.25) is 0 Å². The van der Waals surface area contributed by atoms with Gasteiger partial charge < -0.3 is 44.8 Å². The van der Waals surface area contributed by atoms with Crippen LogP contribution in [0.4, 0.5) is 10.2 Å². The highest BCUT2D eigenvalue weighted by atomic mass is 31.3. The minimum absolute atomic E-state index is 0.0753. The molecule has 1 saturated heterocycles. The Labute approximate surface area is 189 Å². The van der Waals surface area contributed by atoms with Gasteiger partial charge in [-0.3, -0.25) is 4.52 Å². The molecule has 21 heteroatoms. The topological polar surface area (TPSA) is 266 Å². The molecule has 8 N–H and O–H groups in total. The van der Waals surface area contributed by atoms with Gasteiger partial charge in [-0.2, -0.15) is 8.62 Å². The Hall–Kier alpha value is -1.36. The van der Waals surface area contributed by atoms with E-state index in [9.17, 15) is 38.1 Å². The van der Waals surface area contributed by atoms with Crippen LogP contribution in [0.3, 0.4) is 0 Å². The molecule has 0 radical (unpaired) electrons. The molecule has 17 nitrogen and oxygen atoms in total. The smallest absolute Gasteiger partial charge is 0.387 e. The number of nitrogens with two attached hydrogens (primary N) is 1. The van der Waals surface area contributed by atoms with E-state index in [1.54, 1.807) is 0 Å². The Morgan fingerprint density at radius 2 is 1.85 bits per heavy atom. The third kappa shape index (κ3) is 5.39. The summed E-state index contributed by atoms with van der Waals surface area (Å²) >= 11 is 0. The summed E-state index contributed by atoms with van der Waals surface area (Å²) in [4.78, 5) is 43.8. The summed E-state index contributed by atoms with van der Waals surface area (Å²) in [6.07, 6.45) is -1.21. The molecule has 0 aromatic carbocycles. The number of rotatable bonds is 9. The van der Waals surface area contributed by atoms with Crippen molar-refractivity contribution in [1.29, 1.82) is 0 Å². The summed E-state index contributed by atoms with van der Waals surface area (Å²) in [5.74, 6) is 0.0753. The minimum atomic E-state index is -5.83. The fourth-order valence-electron chi connectivity index (χ4n) is 3.34. The zero-order valence-electron chi connectivity index (χ0n) is 17.0. The number of fused-ring (bicyclic) bond motifs is 1. The molecule has 6 atom stereocenters.